The molecule has 1 saturated heterocycles. The van der Waals surface area contributed by atoms with Crippen molar-refractivity contribution in [1.29, 1.82) is 0 Å². The molecule has 1 aliphatic heterocycles. The van der Waals surface area contributed by atoms with Crippen LogP contribution in [0.3, 0.4) is 0 Å². The lowest BCUT2D eigenvalue weighted by Crippen LogP contribution is -2.54. The first-order valence-electron chi connectivity index (χ1n) is 9.72. The molecule has 29 heavy (non-hydrogen) atoms. The maximum absolute atomic E-state index is 13.1. The number of sulfonamides is 1. The summed E-state index contributed by atoms with van der Waals surface area (Å²) in [7, 11) is -1.63. The van der Waals surface area contributed by atoms with Crippen LogP contribution in [-0.2, 0) is 21.2 Å². The van der Waals surface area contributed by atoms with Gasteiger partial charge in [0.2, 0.25) is 10.0 Å². The number of ether oxygens (including phenoxy) is 1. The van der Waals surface area contributed by atoms with Gasteiger partial charge in [-0.25, -0.2) is 12.8 Å². The Bertz CT molecular complexity index is 797. The second-order valence-corrected chi connectivity index (χ2v) is 9.58. The minimum atomic E-state index is -3.32. The van der Waals surface area contributed by atoms with Crippen molar-refractivity contribution in [3.8, 4) is 0 Å². The fourth-order valence-corrected chi connectivity index (χ4v) is 4.61. The molecule has 164 valence electrons. The van der Waals surface area contributed by atoms with Crippen molar-refractivity contribution in [2.24, 2.45) is 4.99 Å². The summed E-state index contributed by atoms with van der Waals surface area (Å²) in [6, 6.07) is 4.37. The van der Waals surface area contributed by atoms with E-state index >= 15 is 0 Å². The molecule has 10 heteroatoms. The van der Waals surface area contributed by atoms with Gasteiger partial charge in [0.25, 0.3) is 0 Å². The van der Waals surface area contributed by atoms with Gasteiger partial charge in [-0.2, -0.15) is 4.31 Å². The summed E-state index contributed by atoms with van der Waals surface area (Å²) in [4.78, 5) is 6.32. The Labute approximate surface area is 177 Å². The van der Waals surface area contributed by atoms with Gasteiger partial charge in [-0.1, -0.05) is 17.7 Å². The van der Waals surface area contributed by atoms with E-state index in [4.69, 9.17) is 16.3 Å². The first-order chi connectivity index (χ1) is 13.7. The Morgan fingerprint density at radius 3 is 2.59 bits per heavy atom. The van der Waals surface area contributed by atoms with Crippen LogP contribution in [0.4, 0.5) is 4.39 Å². The third-order valence-electron chi connectivity index (χ3n) is 4.63. The highest BCUT2D eigenvalue weighted by Gasteiger charge is 2.27. The Balaban J connectivity index is 1.80. The number of nitrogens with zero attached hydrogens (tertiary/aromatic N) is 3. The standard InChI is InChI=1S/C19H30ClFN4O3S/c1-15(2)28-12-13-29(26,27)25-10-8-24(9-11-25)19(22-3)23-7-6-16-4-5-17(21)14-18(16)20/h4-5,14-15H,6-13H2,1-3H3,(H,22,23). The number of hydrogen-bond donors (Lipinski definition) is 1. The van der Waals surface area contributed by atoms with Crippen LogP contribution < -0.4 is 5.32 Å². The Hall–Kier alpha value is -1.42. The van der Waals surface area contributed by atoms with E-state index in [2.05, 4.69) is 10.3 Å². The van der Waals surface area contributed by atoms with Gasteiger partial charge in [0.15, 0.2) is 5.96 Å². The van der Waals surface area contributed by atoms with Gasteiger partial charge in [0.1, 0.15) is 5.82 Å². The van der Waals surface area contributed by atoms with Gasteiger partial charge in [-0.05, 0) is 38.0 Å². The Kier molecular flexibility index (Phi) is 9.13. The maximum Gasteiger partial charge on any atom is 0.216 e. The van der Waals surface area contributed by atoms with Crippen molar-refractivity contribution in [1.82, 2.24) is 14.5 Å². The van der Waals surface area contributed by atoms with Crippen LogP contribution in [0.15, 0.2) is 23.2 Å². The van der Waals surface area contributed by atoms with Crippen LogP contribution in [-0.4, -0.2) is 81.8 Å². The molecule has 0 aliphatic carbocycles. The Morgan fingerprint density at radius 2 is 2.00 bits per heavy atom. The number of hydrogen-bond acceptors (Lipinski definition) is 4. The van der Waals surface area contributed by atoms with E-state index < -0.39 is 10.0 Å². The predicted octanol–water partition coefficient (Wildman–Crippen LogP) is 1.97. The van der Waals surface area contributed by atoms with E-state index in [-0.39, 0.29) is 24.3 Å². The zero-order valence-electron chi connectivity index (χ0n) is 17.2. The Morgan fingerprint density at radius 1 is 1.31 bits per heavy atom. The average Bonchev–Trinajstić information content (AvgIpc) is 2.66. The normalized spacial score (nSPS) is 16.5. The van der Waals surface area contributed by atoms with Crippen LogP contribution >= 0.6 is 11.6 Å². The fraction of sp³-hybridized carbons (Fsp3) is 0.632. The fourth-order valence-electron chi connectivity index (χ4n) is 3.06. The molecule has 7 nitrogen and oxygen atoms in total. The molecule has 1 aromatic carbocycles. The lowest BCUT2D eigenvalue weighted by molar-refractivity contribution is 0.0904. The lowest BCUT2D eigenvalue weighted by Gasteiger charge is -2.35. The molecule has 0 spiro atoms. The zero-order chi connectivity index (χ0) is 21.4. The number of aliphatic imine (C=N–C) groups is 1. The number of rotatable bonds is 8. The summed E-state index contributed by atoms with van der Waals surface area (Å²) in [6.45, 7) is 6.49. The minimum absolute atomic E-state index is 0.00339. The molecule has 0 amide bonds. The summed E-state index contributed by atoms with van der Waals surface area (Å²) < 4.78 is 44.9. The molecule has 0 aromatic heterocycles. The number of halogens is 2. The topological polar surface area (TPSA) is 74.2 Å². The average molecular weight is 449 g/mol. The zero-order valence-corrected chi connectivity index (χ0v) is 18.8. The maximum atomic E-state index is 13.1. The second kappa shape index (κ2) is 11.1. The minimum Gasteiger partial charge on any atom is -0.378 e. The smallest absolute Gasteiger partial charge is 0.216 e. The van der Waals surface area contributed by atoms with E-state index in [1.165, 1.54) is 16.4 Å². The molecule has 0 unspecified atom stereocenters. The molecule has 0 bridgehead atoms. The second-order valence-electron chi connectivity index (χ2n) is 7.08. The van der Waals surface area contributed by atoms with E-state index in [1.807, 2.05) is 18.7 Å². The lowest BCUT2D eigenvalue weighted by atomic mass is 10.1. The third-order valence-corrected chi connectivity index (χ3v) is 6.81. The van der Waals surface area contributed by atoms with Crippen LogP contribution in [0.1, 0.15) is 19.4 Å². The predicted molar refractivity (Wildman–Crippen MR) is 114 cm³/mol. The first-order valence-corrected chi connectivity index (χ1v) is 11.7. The molecule has 0 saturated carbocycles. The molecule has 1 N–H and O–H groups in total. The van der Waals surface area contributed by atoms with Crippen molar-refractivity contribution in [3.63, 3.8) is 0 Å². The SMILES string of the molecule is CN=C(NCCc1ccc(F)cc1Cl)N1CCN(S(=O)(=O)CCOC(C)C)CC1. The van der Waals surface area contributed by atoms with E-state index in [0.717, 1.165) is 5.56 Å². The molecular weight excluding hydrogens is 419 g/mol. The highest BCUT2D eigenvalue weighted by Crippen LogP contribution is 2.17. The van der Waals surface area contributed by atoms with Crippen LogP contribution in [0.25, 0.3) is 0 Å². The van der Waals surface area contributed by atoms with Crippen molar-refractivity contribution in [3.05, 3.63) is 34.6 Å². The van der Waals surface area contributed by atoms with Gasteiger partial charge < -0.3 is 15.0 Å². The quantitative estimate of drug-likeness (QED) is 0.486. The summed E-state index contributed by atoms with van der Waals surface area (Å²) in [5.41, 5.74) is 0.857. The summed E-state index contributed by atoms with van der Waals surface area (Å²) >= 11 is 6.06. The van der Waals surface area contributed by atoms with E-state index in [1.54, 1.807) is 13.1 Å². The molecule has 2 rings (SSSR count). The molecule has 0 atom stereocenters. The van der Waals surface area contributed by atoms with Gasteiger partial charge in [0, 0.05) is 44.8 Å². The summed E-state index contributed by atoms with van der Waals surface area (Å²) in [6.07, 6.45) is 0.642. The van der Waals surface area contributed by atoms with Crippen molar-refractivity contribution in [2.45, 2.75) is 26.4 Å². The third kappa shape index (κ3) is 7.40. The molecule has 0 radical (unpaired) electrons. The summed E-state index contributed by atoms with van der Waals surface area (Å²) in [5.74, 6) is 0.353. The van der Waals surface area contributed by atoms with Crippen LogP contribution in [0.2, 0.25) is 5.02 Å². The van der Waals surface area contributed by atoms with Crippen LogP contribution in [0, 0.1) is 5.82 Å². The monoisotopic (exact) mass is 448 g/mol. The van der Waals surface area contributed by atoms with Gasteiger partial charge in [-0.3, -0.25) is 4.99 Å². The molecule has 1 heterocycles. The van der Waals surface area contributed by atoms with Gasteiger partial charge >= 0.3 is 0 Å². The molecule has 1 fully saturated rings. The van der Waals surface area contributed by atoms with Gasteiger partial charge in [-0.15, -0.1) is 0 Å². The number of piperazine rings is 1. The van der Waals surface area contributed by atoms with E-state index in [0.29, 0.717) is 50.1 Å². The molecular formula is C19H30ClFN4O3S. The van der Waals surface area contributed by atoms with Crippen molar-refractivity contribution < 1.29 is 17.5 Å². The van der Waals surface area contributed by atoms with Crippen molar-refractivity contribution in [2.75, 3.05) is 52.1 Å². The summed E-state index contributed by atoms with van der Waals surface area (Å²) in [5, 5.41) is 3.67. The highest BCUT2D eigenvalue weighted by atomic mass is 35.5. The van der Waals surface area contributed by atoms with Gasteiger partial charge in [0.05, 0.1) is 18.5 Å². The highest BCUT2D eigenvalue weighted by molar-refractivity contribution is 7.89. The number of nitrogens with one attached hydrogen (secondary N) is 1. The molecule has 1 aromatic rings. The van der Waals surface area contributed by atoms with Crippen LogP contribution in [0.5, 0.6) is 0 Å². The molecule has 1 aliphatic rings. The van der Waals surface area contributed by atoms with E-state index in [9.17, 15) is 12.8 Å². The largest absolute Gasteiger partial charge is 0.378 e. The number of benzene rings is 1. The first kappa shape index (κ1) is 23.9. The number of guanidine groups is 1. The van der Waals surface area contributed by atoms with Crippen molar-refractivity contribution >= 4 is 27.6 Å².